The summed E-state index contributed by atoms with van der Waals surface area (Å²) in [5.74, 6) is -0.158. The van der Waals surface area contributed by atoms with Crippen LogP contribution >= 0.6 is 0 Å². The van der Waals surface area contributed by atoms with Crippen molar-refractivity contribution in [2.45, 2.75) is 5.92 Å². The number of aromatic nitrogens is 1. The normalized spacial score (nSPS) is 11.6. The first-order valence-corrected chi connectivity index (χ1v) is 10.2. The Morgan fingerprint density at radius 1 is 1.03 bits per heavy atom. The Kier molecular flexibility index (Phi) is 5.72. The topological polar surface area (TPSA) is 71.9 Å². The van der Waals surface area contributed by atoms with Crippen LogP contribution < -0.4 is 10.2 Å². The fraction of sp³-hybridized carbons (Fsp3) is 0.154. The van der Waals surface area contributed by atoms with E-state index in [0.29, 0.717) is 17.7 Å². The van der Waals surface area contributed by atoms with E-state index in [1.807, 2.05) is 32.4 Å². The molecule has 5 heteroatoms. The van der Waals surface area contributed by atoms with Gasteiger partial charge in [-0.25, -0.2) is 0 Å². The molecule has 4 aromatic rings. The molecule has 3 aromatic carbocycles. The number of fused-ring (bicyclic) bond motifs is 1. The van der Waals surface area contributed by atoms with E-state index in [4.69, 9.17) is 5.26 Å². The van der Waals surface area contributed by atoms with Gasteiger partial charge in [0, 0.05) is 54.9 Å². The molecular weight excluding hydrogens is 384 g/mol. The monoisotopic (exact) mass is 408 g/mol. The first-order chi connectivity index (χ1) is 15.1. The van der Waals surface area contributed by atoms with Gasteiger partial charge < -0.3 is 15.2 Å². The molecular formula is C26H24N4O. The summed E-state index contributed by atoms with van der Waals surface area (Å²) in [6, 6.07) is 25.4. The van der Waals surface area contributed by atoms with Crippen molar-refractivity contribution >= 4 is 22.5 Å². The molecule has 1 heterocycles. The standard InChI is InChI=1S/C26H24N4O/c1-30(2)21-13-11-19(12-14-21)23(24-17-28-25-6-4-3-5-22(24)25)16-29-26(31)20-9-7-18(15-27)8-10-20/h3-14,17,23,28H,16H2,1-2H3,(H,29,31). The number of H-pyrrole nitrogens is 1. The van der Waals surface area contributed by atoms with Gasteiger partial charge in [-0.3, -0.25) is 4.79 Å². The molecule has 1 aromatic heterocycles. The minimum absolute atomic E-state index is 0.00491. The molecule has 0 radical (unpaired) electrons. The molecule has 1 atom stereocenters. The summed E-state index contributed by atoms with van der Waals surface area (Å²) in [5, 5.41) is 13.2. The molecule has 5 nitrogen and oxygen atoms in total. The van der Waals surface area contributed by atoms with E-state index in [9.17, 15) is 4.79 Å². The van der Waals surface area contributed by atoms with Gasteiger partial charge in [-0.1, -0.05) is 30.3 Å². The molecule has 0 spiro atoms. The Morgan fingerprint density at radius 2 is 1.74 bits per heavy atom. The lowest BCUT2D eigenvalue weighted by Crippen LogP contribution is -2.29. The predicted molar refractivity (Wildman–Crippen MR) is 124 cm³/mol. The highest BCUT2D eigenvalue weighted by Gasteiger charge is 2.19. The van der Waals surface area contributed by atoms with Crippen LogP contribution in [0.25, 0.3) is 10.9 Å². The molecule has 1 amide bonds. The smallest absolute Gasteiger partial charge is 0.251 e. The van der Waals surface area contributed by atoms with E-state index >= 15 is 0 Å². The molecule has 0 bridgehead atoms. The summed E-state index contributed by atoms with van der Waals surface area (Å²) < 4.78 is 0. The Morgan fingerprint density at radius 3 is 2.42 bits per heavy atom. The molecule has 0 aliphatic heterocycles. The highest BCUT2D eigenvalue weighted by molar-refractivity contribution is 5.94. The van der Waals surface area contributed by atoms with Crippen LogP contribution in [0.4, 0.5) is 5.69 Å². The van der Waals surface area contributed by atoms with Gasteiger partial charge in [-0.2, -0.15) is 5.26 Å². The van der Waals surface area contributed by atoms with Crippen molar-refractivity contribution < 1.29 is 4.79 Å². The fourth-order valence-electron chi connectivity index (χ4n) is 3.79. The van der Waals surface area contributed by atoms with Crippen molar-refractivity contribution in [2.24, 2.45) is 0 Å². The van der Waals surface area contributed by atoms with Crippen LogP contribution in [-0.4, -0.2) is 31.5 Å². The number of nitriles is 1. The SMILES string of the molecule is CN(C)c1ccc(C(CNC(=O)c2ccc(C#N)cc2)c2c[nH]c3ccccc23)cc1. The summed E-state index contributed by atoms with van der Waals surface area (Å²) in [6.45, 7) is 0.460. The minimum Gasteiger partial charge on any atom is -0.378 e. The van der Waals surface area contributed by atoms with E-state index in [2.05, 4.69) is 57.7 Å². The lowest BCUT2D eigenvalue weighted by atomic mass is 9.90. The molecule has 0 aliphatic rings. The molecule has 1 unspecified atom stereocenters. The third kappa shape index (κ3) is 4.29. The van der Waals surface area contributed by atoms with E-state index in [0.717, 1.165) is 27.7 Å². The number of para-hydroxylation sites is 1. The number of hydrogen-bond acceptors (Lipinski definition) is 3. The van der Waals surface area contributed by atoms with Crippen LogP contribution in [0.15, 0.2) is 79.0 Å². The maximum absolute atomic E-state index is 12.7. The van der Waals surface area contributed by atoms with Crippen LogP contribution in [0.3, 0.4) is 0 Å². The maximum atomic E-state index is 12.7. The number of rotatable bonds is 6. The molecule has 4 rings (SSSR count). The summed E-state index contributed by atoms with van der Waals surface area (Å²) in [6.07, 6.45) is 2.03. The summed E-state index contributed by atoms with van der Waals surface area (Å²) in [5.41, 5.74) is 5.56. The third-order valence-electron chi connectivity index (χ3n) is 5.55. The van der Waals surface area contributed by atoms with Crippen molar-refractivity contribution in [1.29, 1.82) is 5.26 Å². The number of carbonyl (C=O) groups excluding carboxylic acids is 1. The summed E-state index contributed by atoms with van der Waals surface area (Å²) in [4.78, 5) is 18.2. The second-order valence-corrected chi connectivity index (χ2v) is 7.73. The van der Waals surface area contributed by atoms with Crippen molar-refractivity contribution in [2.75, 3.05) is 25.5 Å². The molecule has 0 saturated carbocycles. The van der Waals surface area contributed by atoms with Crippen molar-refractivity contribution in [3.05, 3.63) is 101 Å². The number of benzene rings is 3. The first-order valence-electron chi connectivity index (χ1n) is 10.2. The van der Waals surface area contributed by atoms with E-state index in [1.54, 1.807) is 24.3 Å². The number of aromatic amines is 1. The number of anilines is 1. The van der Waals surface area contributed by atoms with Gasteiger partial charge in [0.25, 0.3) is 5.91 Å². The second-order valence-electron chi connectivity index (χ2n) is 7.73. The Bertz CT molecular complexity index is 1230. The van der Waals surface area contributed by atoms with Crippen molar-refractivity contribution in [3.63, 3.8) is 0 Å². The Labute approximate surface area is 181 Å². The number of carbonyl (C=O) groups is 1. The zero-order valence-corrected chi connectivity index (χ0v) is 17.6. The zero-order chi connectivity index (χ0) is 21.8. The largest absolute Gasteiger partial charge is 0.378 e. The lowest BCUT2D eigenvalue weighted by molar-refractivity contribution is 0.0952. The third-order valence-corrected chi connectivity index (χ3v) is 5.55. The molecule has 0 aliphatic carbocycles. The Balaban J connectivity index is 1.63. The van der Waals surface area contributed by atoms with Crippen LogP contribution in [0.1, 0.15) is 33.0 Å². The van der Waals surface area contributed by atoms with Gasteiger partial charge in [-0.05, 0) is 53.6 Å². The van der Waals surface area contributed by atoms with E-state index in [-0.39, 0.29) is 11.8 Å². The molecule has 2 N–H and O–H groups in total. The van der Waals surface area contributed by atoms with Gasteiger partial charge in [0.2, 0.25) is 0 Å². The zero-order valence-electron chi connectivity index (χ0n) is 17.6. The number of nitrogens with one attached hydrogen (secondary N) is 2. The molecule has 154 valence electrons. The van der Waals surface area contributed by atoms with Crippen LogP contribution in [0.5, 0.6) is 0 Å². The van der Waals surface area contributed by atoms with Crippen molar-refractivity contribution in [1.82, 2.24) is 10.3 Å². The highest BCUT2D eigenvalue weighted by Crippen LogP contribution is 2.31. The number of amides is 1. The van der Waals surface area contributed by atoms with E-state index < -0.39 is 0 Å². The number of nitrogens with zero attached hydrogens (tertiary/aromatic N) is 2. The average molecular weight is 409 g/mol. The van der Waals surface area contributed by atoms with E-state index in [1.165, 1.54) is 0 Å². The average Bonchev–Trinajstić information content (AvgIpc) is 3.23. The van der Waals surface area contributed by atoms with Crippen LogP contribution in [-0.2, 0) is 0 Å². The van der Waals surface area contributed by atoms with Crippen molar-refractivity contribution in [3.8, 4) is 6.07 Å². The lowest BCUT2D eigenvalue weighted by Gasteiger charge is -2.20. The summed E-state index contributed by atoms with van der Waals surface area (Å²) in [7, 11) is 4.04. The van der Waals surface area contributed by atoms with Crippen LogP contribution in [0.2, 0.25) is 0 Å². The first kappa shape index (κ1) is 20.2. The quantitative estimate of drug-likeness (QED) is 0.487. The number of hydrogen-bond donors (Lipinski definition) is 2. The van der Waals surface area contributed by atoms with Gasteiger partial charge in [0.1, 0.15) is 0 Å². The van der Waals surface area contributed by atoms with Gasteiger partial charge in [-0.15, -0.1) is 0 Å². The molecule has 0 saturated heterocycles. The fourth-order valence-corrected chi connectivity index (χ4v) is 3.79. The molecule has 0 fully saturated rings. The predicted octanol–water partition coefficient (Wildman–Crippen LogP) is 4.67. The van der Waals surface area contributed by atoms with Gasteiger partial charge in [0.05, 0.1) is 11.6 Å². The minimum atomic E-state index is -0.153. The molecule has 31 heavy (non-hydrogen) atoms. The second kappa shape index (κ2) is 8.76. The summed E-state index contributed by atoms with van der Waals surface area (Å²) >= 11 is 0. The Hall–Kier alpha value is -4.04. The van der Waals surface area contributed by atoms with Gasteiger partial charge >= 0.3 is 0 Å². The maximum Gasteiger partial charge on any atom is 0.251 e. The van der Waals surface area contributed by atoms with Crippen LogP contribution in [0, 0.1) is 11.3 Å². The van der Waals surface area contributed by atoms with Gasteiger partial charge in [0.15, 0.2) is 0 Å². The highest BCUT2D eigenvalue weighted by atomic mass is 16.1.